The predicted molar refractivity (Wildman–Crippen MR) is 77.4 cm³/mol. The smallest absolute Gasteiger partial charge is 0.264 e. The van der Waals surface area contributed by atoms with E-state index in [4.69, 9.17) is 4.84 Å². The summed E-state index contributed by atoms with van der Waals surface area (Å²) in [6, 6.07) is 4.62. The minimum atomic E-state index is -3.72. The van der Waals surface area contributed by atoms with Gasteiger partial charge in [-0.2, -0.15) is 0 Å². The summed E-state index contributed by atoms with van der Waals surface area (Å²) in [5.41, 5.74) is 1.40. The highest BCUT2D eigenvalue weighted by atomic mass is 32.2. The van der Waals surface area contributed by atoms with Crippen LogP contribution >= 0.6 is 0 Å². The molecule has 1 atom stereocenters. The van der Waals surface area contributed by atoms with E-state index in [9.17, 15) is 13.2 Å². The van der Waals surface area contributed by atoms with Gasteiger partial charge in [-0.25, -0.2) is 8.42 Å². The van der Waals surface area contributed by atoms with Gasteiger partial charge in [0.15, 0.2) is 0 Å². The van der Waals surface area contributed by atoms with Crippen LogP contribution in [0.4, 0.5) is 11.4 Å². The van der Waals surface area contributed by atoms with Crippen molar-refractivity contribution in [2.24, 2.45) is 0 Å². The van der Waals surface area contributed by atoms with E-state index < -0.39 is 10.0 Å². The highest BCUT2D eigenvalue weighted by molar-refractivity contribution is 7.89. The monoisotopic (exact) mass is 311 g/mol. The average Bonchev–Trinajstić information content (AvgIpc) is 2.96. The number of hydrogen-bond acceptors (Lipinski definition) is 5. The Morgan fingerprint density at radius 3 is 2.90 bits per heavy atom. The number of benzene rings is 1. The summed E-state index contributed by atoms with van der Waals surface area (Å²) in [6.45, 7) is 0.815. The number of anilines is 2. The van der Waals surface area contributed by atoms with Gasteiger partial charge in [-0.3, -0.25) is 9.63 Å². The maximum atomic E-state index is 12.2. The van der Waals surface area contributed by atoms with Crippen LogP contribution in [0.3, 0.4) is 0 Å². The standard InChI is InChI=1S/C13H17N3O4S/c1-15(20-2)21(18,19)9-5-6-11-10(8-9)14-13(17)12-4-3-7-16(11)12/h5-6,8,12H,3-4,7H2,1-2H3,(H,14,17)/t12-/m0/s1. The highest BCUT2D eigenvalue weighted by Crippen LogP contribution is 2.38. The zero-order valence-corrected chi connectivity index (χ0v) is 12.7. The fourth-order valence-electron chi connectivity index (χ4n) is 2.82. The van der Waals surface area contributed by atoms with Gasteiger partial charge in [-0.1, -0.05) is 4.47 Å². The molecule has 1 aromatic carbocycles. The number of carbonyl (C=O) groups is 1. The van der Waals surface area contributed by atoms with Crippen molar-refractivity contribution in [3.8, 4) is 0 Å². The van der Waals surface area contributed by atoms with Crippen LogP contribution in [0.15, 0.2) is 23.1 Å². The van der Waals surface area contributed by atoms with Crippen molar-refractivity contribution in [1.29, 1.82) is 0 Å². The SMILES string of the molecule is CON(C)S(=O)(=O)c1ccc2c(c1)NC(=O)[C@@H]1CCCN21. The number of nitrogens with zero attached hydrogens (tertiary/aromatic N) is 2. The third kappa shape index (κ3) is 2.19. The molecule has 0 radical (unpaired) electrons. The van der Waals surface area contributed by atoms with Gasteiger partial charge in [-0.05, 0) is 31.0 Å². The minimum absolute atomic E-state index is 0.0744. The first-order valence-electron chi connectivity index (χ1n) is 6.70. The third-order valence-corrected chi connectivity index (χ3v) is 5.66. The Kier molecular flexibility index (Phi) is 3.39. The van der Waals surface area contributed by atoms with Crippen LogP contribution in [0, 0.1) is 0 Å². The third-order valence-electron chi connectivity index (χ3n) is 3.98. The van der Waals surface area contributed by atoms with Crippen molar-refractivity contribution >= 4 is 27.3 Å². The molecule has 1 amide bonds. The average molecular weight is 311 g/mol. The lowest BCUT2D eigenvalue weighted by Crippen LogP contribution is -2.44. The molecule has 114 valence electrons. The van der Waals surface area contributed by atoms with Crippen LogP contribution in [0.2, 0.25) is 0 Å². The zero-order chi connectivity index (χ0) is 15.2. The number of hydroxylamine groups is 1. The van der Waals surface area contributed by atoms with Crippen LogP contribution < -0.4 is 10.2 Å². The van der Waals surface area contributed by atoms with Crippen LogP contribution in [-0.4, -0.2) is 45.5 Å². The second-order valence-electron chi connectivity index (χ2n) is 5.12. The molecular formula is C13H17N3O4S. The quantitative estimate of drug-likeness (QED) is 0.835. The summed E-state index contributed by atoms with van der Waals surface area (Å²) >= 11 is 0. The highest BCUT2D eigenvalue weighted by Gasteiger charge is 2.37. The normalized spacial score (nSPS) is 21.2. The van der Waals surface area contributed by atoms with Crippen molar-refractivity contribution in [3.05, 3.63) is 18.2 Å². The predicted octanol–water partition coefficient (Wildman–Crippen LogP) is 0.789. The van der Waals surface area contributed by atoms with E-state index in [0.29, 0.717) is 5.69 Å². The van der Waals surface area contributed by atoms with Gasteiger partial charge >= 0.3 is 0 Å². The molecule has 2 aliphatic heterocycles. The minimum Gasteiger partial charge on any atom is -0.358 e. The Bertz CT molecular complexity index is 689. The van der Waals surface area contributed by atoms with Crippen molar-refractivity contribution in [2.75, 3.05) is 30.9 Å². The Balaban J connectivity index is 2.03. The first-order chi connectivity index (χ1) is 9.95. The molecule has 8 heteroatoms. The second kappa shape index (κ2) is 4.97. The first kappa shape index (κ1) is 14.3. The number of hydrogen-bond donors (Lipinski definition) is 1. The number of amides is 1. The van der Waals surface area contributed by atoms with Crippen LogP contribution in [-0.2, 0) is 19.7 Å². The lowest BCUT2D eigenvalue weighted by atomic mass is 10.1. The lowest BCUT2D eigenvalue weighted by molar-refractivity contribution is -0.117. The first-order valence-corrected chi connectivity index (χ1v) is 8.14. The Labute approximate surface area is 123 Å². The van der Waals surface area contributed by atoms with Crippen LogP contribution in [0.1, 0.15) is 12.8 Å². The Morgan fingerprint density at radius 2 is 2.19 bits per heavy atom. The van der Waals surface area contributed by atoms with E-state index in [1.165, 1.54) is 26.3 Å². The van der Waals surface area contributed by atoms with Crippen LogP contribution in [0.5, 0.6) is 0 Å². The molecule has 1 N–H and O–H groups in total. The second-order valence-corrected chi connectivity index (χ2v) is 7.05. The van der Waals surface area contributed by atoms with Gasteiger partial charge in [0.05, 0.1) is 23.4 Å². The molecule has 0 spiro atoms. The fourth-order valence-corrected chi connectivity index (χ4v) is 3.82. The van der Waals surface area contributed by atoms with Gasteiger partial charge in [0.2, 0.25) is 5.91 Å². The molecule has 1 aromatic rings. The maximum absolute atomic E-state index is 12.2. The summed E-state index contributed by atoms with van der Waals surface area (Å²) in [5, 5.41) is 2.80. The van der Waals surface area contributed by atoms with E-state index in [0.717, 1.165) is 29.5 Å². The summed E-state index contributed by atoms with van der Waals surface area (Å²) in [7, 11) is -1.11. The molecule has 0 saturated carbocycles. The van der Waals surface area contributed by atoms with Crippen molar-refractivity contribution in [2.45, 2.75) is 23.8 Å². The molecule has 1 fully saturated rings. The van der Waals surface area contributed by atoms with Crippen molar-refractivity contribution in [3.63, 3.8) is 0 Å². The molecule has 2 aliphatic rings. The van der Waals surface area contributed by atoms with Crippen molar-refractivity contribution in [1.82, 2.24) is 4.47 Å². The summed E-state index contributed by atoms with van der Waals surface area (Å²) < 4.78 is 25.3. The van der Waals surface area contributed by atoms with E-state index in [2.05, 4.69) is 5.32 Å². The van der Waals surface area contributed by atoms with Gasteiger partial charge in [0.1, 0.15) is 6.04 Å². The molecule has 3 rings (SSSR count). The Hall–Kier alpha value is -1.64. The van der Waals surface area contributed by atoms with Gasteiger partial charge in [-0.15, -0.1) is 0 Å². The molecular weight excluding hydrogens is 294 g/mol. The summed E-state index contributed by atoms with van der Waals surface area (Å²) in [4.78, 5) is 18.9. The molecule has 0 bridgehead atoms. The Morgan fingerprint density at radius 1 is 1.43 bits per heavy atom. The summed E-state index contributed by atoms with van der Waals surface area (Å²) in [6.07, 6.45) is 1.79. The molecule has 0 aliphatic carbocycles. The van der Waals surface area contributed by atoms with Gasteiger partial charge in [0.25, 0.3) is 10.0 Å². The van der Waals surface area contributed by atoms with E-state index >= 15 is 0 Å². The molecule has 21 heavy (non-hydrogen) atoms. The van der Waals surface area contributed by atoms with Crippen LogP contribution in [0.25, 0.3) is 0 Å². The van der Waals surface area contributed by atoms with Gasteiger partial charge < -0.3 is 10.2 Å². The largest absolute Gasteiger partial charge is 0.358 e. The van der Waals surface area contributed by atoms with E-state index in [-0.39, 0.29) is 16.8 Å². The molecule has 0 aromatic heterocycles. The van der Waals surface area contributed by atoms with E-state index in [1.54, 1.807) is 6.07 Å². The van der Waals surface area contributed by atoms with Crippen molar-refractivity contribution < 1.29 is 18.0 Å². The number of rotatable bonds is 3. The number of nitrogens with one attached hydrogen (secondary N) is 1. The molecule has 2 heterocycles. The topological polar surface area (TPSA) is 79.0 Å². The lowest BCUT2D eigenvalue weighted by Gasteiger charge is -2.33. The molecule has 7 nitrogen and oxygen atoms in total. The molecule has 0 unspecified atom stereocenters. The van der Waals surface area contributed by atoms with E-state index in [1.807, 2.05) is 4.90 Å². The zero-order valence-electron chi connectivity index (χ0n) is 11.9. The molecule has 1 saturated heterocycles. The number of fused-ring (bicyclic) bond motifs is 3. The summed E-state index contributed by atoms with van der Waals surface area (Å²) in [5.74, 6) is -0.0744. The number of sulfonamides is 1. The fraction of sp³-hybridized carbons (Fsp3) is 0.462. The van der Waals surface area contributed by atoms with Gasteiger partial charge in [0, 0.05) is 13.6 Å². The number of carbonyl (C=O) groups excluding carboxylic acids is 1. The maximum Gasteiger partial charge on any atom is 0.264 e.